The van der Waals surface area contributed by atoms with E-state index in [2.05, 4.69) is 10.3 Å². The van der Waals surface area contributed by atoms with Crippen molar-refractivity contribution in [2.24, 2.45) is 0 Å². The molecule has 1 aromatic heterocycles. The number of benzene rings is 2. The summed E-state index contributed by atoms with van der Waals surface area (Å²) in [5, 5.41) is 7.07. The Morgan fingerprint density at radius 3 is 2.45 bits per heavy atom. The lowest BCUT2D eigenvalue weighted by molar-refractivity contribution is -0.131. The second kappa shape index (κ2) is 10.9. The number of piperidine rings is 1. The van der Waals surface area contributed by atoms with Crippen molar-refractivity contribution >= 4 is 58.0 Å². The fourth-order valence-electron chi connectivity index (χ4n) is 3.82. The monoisotopic (exact) mass is 521 g/mol. The lowest BCUT2D eigenvalue weighted by Crippen LogP contribution is -2.38. The summed E-state index contributed by atoms with van der Waals surface area (Å²) in [4.78, 5) is 31.7. The zero-order valence-electron chi connectivity index (χ0n) is 17.7. The first kappa shape index (κ1) is 24.0. The van der Waals surface area contributed by atoms with Crippen LogP contribution in [0.2, 0.25) is 15.1 Å². The lowest BCUT2D eigenvalue weighted by atomic mass is 9.97. The van der Waals surface area contributed by atoms with Crippen molar-refractivity contribution in [1.29, 1.82) is 0 Å². The van der Waals surface area contributed by atoms with Crippen molar-refractivity contribution < 1.29 is 9.59 Å². The van der Waals surface area contributed by atoms with E-state index in [-0.39, 0.29) is 24.3 Å². The van der Waals surface area contributed by atoms with Gasteiger partial charge in [0, 0.05) is 36.0 Å². The molecule has 1 aliphatic heterocycles. The van der Waals surface area contributed by atoms with Crippen LogP contribution in [-0.2, 0) is 17.8 Å². The van der Waals surface area contributed by atoms with Crippen molar-refractivity contribution in [3.05, 3.63) is 84.7 Å². The maximum absolute atomic E-state index is 12.7. The van der Waals surface area contributed by atoms with Crippen LogP contribution in [0.1, 0.15) is 45.4 Å². The van der Waals surface area contributed by atoms with Crippen LogP contribution in [-0.4, -0.2) is 34.8 Å². The topological polar surface area (TPSA) is 62.3 Å². The van der Waals surface area contributed by atoms with E-state index >= 15 is 0 Å². The Hall–Kier alpha value is -2.12. The summed E-state index contributed by atoms with van der Waals surface area (Å²) in [6, 6.07) is 12.8. The van der Waals surface area contributed by atoms with Crippen LogP contribution in [0.25, 0.3) is 0 Å². The van der Waals surface area contributed by atoms with Crippen LogP contribution in [0, 0.1) is 0 Å². The highest BCUT2D eigenvalue weighted by atomic mass is 35.5. The van der Waals surface area contributed by atoms with Gasteiger partial charge in [-0.25, -0.2) is 4.98 Å². The third-order valence-corrected chi connectivity index (χ3v) is 7.96. The molecule has 5 nitrogen and oxygen atoms in total. The number of hydrogen-bond acceptors (Lipinski definition) is 4. The summed E-state index contributed by atoms with van der Waals surface area (Å²) in [6.45, 7) is 1.61. The summed E-state index contributed by atoms with van der Waals surface area (Å²) in [7, 11) is 0. The molecule has 1 fully saturated rings. The standard InChI is InChI=1S/C24H22Cl3N3O2S/c25-18-6-2-1-4-16(18)12-21(31)30-10-8-15(9-11-30)24-29-20(14-33-24)23(32)28-13-17-5-3-7-19(26)22(17)27/h1-7,14-15H,8-13H2,(H,28,32). The molecule has 2 amide bonds. The first-order chi connectivity index (χ1) is 15.9. The van der Waals surface area contributed by atoms with Gasteiger partial charge in [-0.1, -0.05) is 65.1 Å². The Morgan fingerprint density at radius 1 is 1.00 bits per heavy atom. The van der Waals surface area contributed by atoms with Gasteiger partial charge < -0.3 is 10.2 Å². The summed E-state index contributed by atoms with van der Waals surface area (Å²) >= 11 is 19.9. The number of halogens is 3. The quantitative estimate of drug-likeness (QED) is 0.433. The molecule has 1 aliphatic rings. The van der Waals surface area contributed by atoms with Crippen LogP contribution in [0.15, 0.2) is 47.8 Å². The van der Waals surface area contributed by atoms with Crippen LogP contribution in [0.4, 0.5) is 0 Å². The van der Waals surface area contributed by atoms with Gasteiger partial charge in [-0.2, -0.15) is 0 Å². The van der Waals surface area contributed by atoms with Crippen molar-refractivity contribution in [2.45, 2.75) is 31.7 Å². The van der Waals surface area contributed by atoms with E-state index in [9.17, 15) is 9.59 Å². The number of nitrogens with zero attached hydrogens (tertiary/aromatic N) is 2. The lowest BCUT2D eigenvalue weighted by Gasteiger charge is -2.31. The van der Waals surface area contributed by atoms with Crippen molar-refractivity contribution in [3.63, 3.8) is 0 Å². The maximum Gasteiger partial charge on any atom is 0.271 e. The number of rotatable bonds is 6. The second-order valence-corrected chi connectivity index (χ2v) is 9.97. The Kier molecular flexibility index (Phi) is 7.91. The largest absolute Gasteiger partial charge is 0.347 e. The minimum atomic E-state index is -0.249. The predicted molar refractivity (Wildman–Crippen MR) is 133 cm³/mol. The van der Waals surface area contributed by atoms with Gasteiger partial charge >= 0.3 is 0 Å². The number of amides is 2. The van der Waals surface area contributed by atoms with Gasteiger partial charge in [0.1, 0.15) is 5.69 Å². The van der Waals surface area contributed by atoms with E-state index in [0.717, 1.165) is 29.0 Å². The highest BCUT2D eigenvalue weighted by Gasteiger charge is 2.26. The van der Waals surface area contributed by atoms with Crippen LogP contribution in [0.3, 0.4) is 0 Å². The SMILES string of the molecule is O=C(NCc1cccc(Cl)c1Cl)c1csc(C2CCN(C(=O)Cc3ccccc3Cl)CC2)n1. The average Bonchev–Trinajstić information content (AvgIpc) is 3.32. The summed E-state index contributed by atoms with van der Waals surface area (Å²) < 4.78 is 0. The number of likely N-dealkylation sites (tertiary alicyclic amines) is 1. The molecule has 1 N–H and O–H groups in total. The van der Waals surface area contributed by atoms with Crippen molar-refractivity contribution in [1.82, 2.24) is 15.2 Å². The molecule has 9 heteroatoms. The van der Waals surface area contributed by atoms with Gasteiger partial charge in [-0.3, -0.25) is 9.59 Å². The number of thiazole rings is 1. The Balaban J connectivity index is 1.29. The molecule has 4 rings (SSSR count). The molecule has 0 spiro atoms. The van der Waals surface area contributed by atoms with Gasteiger partial charge in [-0.15, -0.1) is 11.3 Å². The Bertz CT molecular complexity index is 1160. The van der Waals surface area contributed by atoms with Gasteiger partial charge in [0.2, 0.25) is 5.91 Å². The average molecular weight is 523 g/mol. The minimum absolute atomic E-state index is 0.0837. The highest BCUT2D eigenvalue weighted by Crippen LogP contribution is 2.31. The molecule has 0 bridgehead atoms. The molecule has 0 atom stereocenters. The normalized spacial score (nSPS) is 14.3. The smallest absolute Gasteiger partial charge is 0.271 e. The number of hydrogen-bond donors (Lipinski definition) is 1. The Morgan fingerprint density at radius 2 is 1.70 bits per heavy atom. The molecular formula is C24H22Cl3N3O2S. The number of aromatic nitrogens is 1. The highest BCUT2D eigenvalue weighted by molar-refractivity contribution is 7.09. The Labute approximate surface area is 211 Å². The second-order valence-electron chi connectivity index (χ2n) is 7.89. The fraction of sp³-hybridized carbons (Fsp3) is 0.292. The van der Waals surface area contributed by atoms with E-state index < -0.39 is 0 Å². The zero-order valence-corrected chi connectivity index (χ0v) is 20.8. The van der Waals surface area contributed by atoms with E-state index in [1.165, 1.54) is 11.3 Å². The van der Waals surface area contributed by atoms with Crippen molar-refractivity contribution in [3.8, 4) is 0 Å². The van der Waals surface area contributed by atoms with E-state index in [0.29, 0.717) is 40.3 Å². The number of carbonyl (C=O) groups excluding carboxylic acids is 2. The molecule has 2 heterocycles. The molecule has 0 aliphatic carbocycles. The van der Waals surface area contributed by atoms with E-state index in [1.807, 2.05) is 29.2 Å². The third kappa shape index (κ3) is 5.87. The van der Waals surface area contributed by atoms with Crippen LogP contribution < -0.4 is 5.32 Å². The number of nitrogens with one attached hydrogen (secondary N) is 1. The van der Waals surface area contributed by atoms with Gasteiger partial charge in [0.25, 0.3) is 5.91 Å². The predicted octanol–water partition coefficient (Wildman–Crippen LogP) is 5.98. The molecular weight excluding hydrogens is 501 g/mol. The molecule has 33 heavy (non-hydrogen) atoms. The summed E-state index contributed by atoms with van der Waals surface area (Å²) in [5.41, 5.74) is 1.99. The first-order valence-corrected chi connectivity index (χ1v) is 12.6. The maximum atomic E-state index is 12.7. The van der Waals surface area contributed by atoms with Crippen molar-refractivity contribution in [2.75, 3.05) is 13.1 Å². The van der Waals surface area contributed by atoms with Crippen LogP contribution >= 0.6 is 46.1 Å². The van der Waals surface area contributed by atoms with E-state index in [4.69, 9.17) is 34.8 Å². The summed E-state index contributed by atoms with van der Waals surface area (Å²) in [6.07, 6.45) is 1.95. The molecule has 1 saturated heterocycles. The van der Waals surface area contributed by atoms with E-state index in [1.54, 1.807) is 23.6 Å². The van der Waals surface area contributed by atoms with Crippen LogP contribution in [0.5, 0.6) is 0 Å². The molecule has 0 unspecified atom stereocenters. The molecule has 172 valence electrons. The van der Waals surface area contributed by atoms with Gasteiger partial charge in [0.15, 0.2) is 0 Å². The molecule has 2 aromatic carbocycles. The first-order valence-electron chi connectivity index (χ1n) is 10.6. The zero-order chi connectivity index (χ0) is 23.4. The molecule has 3 aromatic rings. The molecule has 0 radical (unpaired) electrons. The van der Waals surface area contributed by atoms with Gasteiger partial charge in [-0.05, 0) is 36.1 Å². The molecule has 0 saturated carbocycles. The minimum Gasteiger partial charge on any atom is -0.347 e. The summed E-state index contributed by atoms with van der Waals surface area (Å²) in [5.74, 6) is 0.0737. The number of carbonyl (C=O) groups is 2. The fourth-order valence-corrected chi connectivity index (χ4v) is 5.38. The third-order valence-electron chi connectivity index (χ3n) is 5.72. The van der Waals surface area contributed by atoms with Gasteiger partial charge in [0.05, 0.1) is 21.5 Å².